The molecule has 0 spiro atoms. The monoisotopic (exact) mass is 511 g/mol. The fraction of sp³-hybridized carbons (Fsp3) is 0.241. The molecule has 0 fully saturated rings. The van der Waals surface area contributed by atoms with Crippen LogP contribution in [0, 0.1) is 0 Å². The lowest BCUT2D eigenvalue weighted by Crippen LogP contribution is -2.34. The van der Waals surface area contributed by atoms with Crippen molar-refractivity contribution in [3.63, 3.8) is 0 Å². The Hall–Kier alpha value is -4.34. The van der Waals surface area contributed by atoms with Crippen molar-refractivity contribution >= 4 is 30.1 Å². The van der Waals surface area contributed by atoms with Gasteiger partial charge in [-0.15, -0.1) is 5.10 Å². The van der Waals surface area contributed by atoms with Crippen LogP contribution in [0.1, 0.15) is 49.9 Å². The summed E-state index contributed by atoms with van der Waals surface area (Å²) >= 11 is 0. The molecule has 4 rings (SSSR count). The summed E-state index contributed by atoms with van der Waals surface area (Å²) in [6, 6.07) is 20.5. The van der Waals surface area contributed by atoms with E-state index in [9.17, 15) is 9.59 Å². The first kappa shape index (κ1) is 26.7. The maximum absolute atomic E-state index is 12.9. The molecule has 1 aliphatic rings. The number of rotatable bonds is 8. The molecule has 0 aromatic heterocycles. The van der Waals surface area contributed by atoms with Crippen molar-refractivity contribution in [2.24, 2.45) is 16.0 Å². The molecule has 1 aliphatic heterocycles. The Labute approximate surface area is 223 Å². The predicted octanol–water partition coefficient (Wildman–Crippen LogP) is 3.57. The number of amidine groups is 1. The molecule has 0 radical (unpaired) electrons. The highest BCUT2D eigenvalue weighted by Crippen LogP contribution is 2.22. The van der Waals surface area contributed by atoms with Crippen molar-refractivity contribution in [1.29, 1.82) is 0 Å². The number of fused-ring (bicyclic) bond motifs is 1. The van der Waals surface area contributed by atoms with Gasteiger partial charge >= 0.3 is 0 Å². The van der Waals surface area contributed by atoms with Crippen molar-refractivity contribution in [3.05, 3.63) is 100 Å². The van der Waals surface area contributed by atoms with Gasteiger partial charge in [-0.2, -0.15) is 5.10 Å². The topological polar surface area (TPSA) is 115 Å². The first-order chi connectivity index (χ1) is 18.3. The number of benzene rings is 3. The van der Waals surface area contributed by atoms with Crippen LogP contribution in [0.2, 0.25) is 0 Å². The number of hydrogen-bond donors (Lipinski definition) is 3. The van der Waals surface area contributed by atoms with Gasteiger partial charge in [-0.1, -0.05) is 30.3 Å². The molecular formula is C29H33N7O2. The lowest BCUT2D eigenvalue weighted by atomic mass is 9.99. The summed E-state index contributed by atoms with van der Waals surface area (Å²) in [6.07, 6.45) is 1.02. The smallest absolute Gasteiger partial charge is 0.255 e. The molecule has 3 aromatic carbocycles. The molecule has 0 unspecified atom stereocenters. The van der Waals surface area contributed by atoms with E-state index < -0.39 is 0 Å². The third kappa shape index (κ3) is 6.90. The lowest BCUT2D eigenvalue weighted by molar-refractivity contribution is 0.0950. The fourth-order valence-electron chi connectivity index (χ4n) is 4.32. The average Bonchev–Trinajstić information content (AvgIpc) is 2.92. The lowest BCUT2D eigenvalue weighted by Gasteiger charge is -2.25. The van der Waals surface area contributed by atoms with Crippen LogP contribution in [0.5, 0.6) is 0 Å². The van der Waals surface area contributed by atoms with Gasteiger partial charge in [-0.05, 0) is 79.0 Å². The van der Waals surface area contributed by atoms with Crippen molar-refractivity contribution in [2.45, 2.75) is 33.0 Å². The van der Waals surface area contributed by atoms with Crippen molar-refractivity contribution < 1.29 is 9.59 Å². The minimum atomic E-state index is -0.205. The maximum Gasteiger partial charge on any atom is 0.255 e. The van der Waals surface area contributed by atoms with E-state index in [1.165, 1.54) is 16.1 Å². The molecule has 196 valence electrons. The highest BCUT2D eigenvalue weighted by molar-refractivity contribution is 6.04. The van der Waals surface area contributed by atoms with Crippen molar-refractivity contribution in [1.82, 2.24) is 15.2 Å². The molecule has 38 heavy (non-hydrogen) atoms. The van der Waals surface area contributed by atoms with Gasteiger partial charge in [-0.25, -0.2) is 5.84 Å². The Kier molecular flexibility index (Phi) is 8.62. The van der Waals surface area contributed by atoms with Crippen LogP contribution >= 0.6 is 0 Å². The maximum atomic E-state index is 12.9. The summed E-state index contributed by atoms with van der Waals surface area (Å²) in [4.78, 5) is 27.9. The number of likely N-dealkylation sites (N-methyl/N-ethyl adjacent to an activating group) is 1. The zero-order valence-corrected chi connectivity index (χ0v) is 21.8. The van der Waals surface area contributed by atoms with Crippen LogP contribution in [0.3, 0.4) is 0 Å². The van der Waals surface area contributed by atoms with Crippen molar-refractivity contribution in [2.75, 3.05) is 18.9 Å². The summed E-state index contributed by atoms with van der Waals surface area (Å²) < 4.78 is 0. The third-order valence-electron chi connectivity index (χ3n) is 6.51. The molecule has 0 saturated carbocycles. The van der Waals surface area contributed by atoms with E-state index in [1.807, 2.05) is 30.3 Å². The number of nitrogens with one attached hydrogen (secondary N) is 2. The molecular weight excluding hydrogens is 478 g/mol. The Morgan fingerprint density at radius 3 is 2.55 bits per heavy atom. The van der Waals surface area contributed by atoms with E-state index in [-0.39, 0.29) is 11.8 Å². The van der Waals surface area contributed by atoms with Gasteiger partial charge < -0.3 is 15.5 Å². The Bertz CT molecular complexity index is 1350. The molecule has 4 N–H and O–H groups in total. The minimum absolute atomic E-state index is 0.184. The number of nitrogens with two attached hydrogens (primary N) is 1. The Balaban J connectivity index is 1.33. The third-order valence-corrected chi connectivity index (χ3v) is 6.51. The number of amides is 2. The summed E-state index contributed by atoms with van der Waals surface area (Å²) in [6.45, 7) is 7.70. The molecule has 2 amide bonds. The van der Waals surface area contributed by atoms with Gasteiger partial charge in [0.05, 0.1) is 6.54 Å². The van der Waals surface area contributed by atoms with Crippen LogP contribution in [0.15, 0.2) is 76.9 Å². The van der Waals surface area contributed by atoms with E-state index in [0.29, 0.717) is 30.1 Å². The molecule has 0 saturated heterocycles. The molecule has 1 heterocycles. The zero-order chi connectivity index (χ0) is 27.1. The molecule has 0 bridgehead atoms. The van der Waals surface area contributed by atoms with Gasteiger partial charge in [0.2, 0.25) is 0 Å². The molecule has 0 aliphatic carbocycles. The molecule has 9 nitrogen and oxygen atoms in total. The summed E-state index contributed by atoms with van der Waals surface area (Å²) in [7, 11) is 2.10. The molecule has 3 aromatic rings. The Morgan fingerprint density at radius 1 is 1.00 bits per heavy atom. The Morgan fingerprint density at radius 2 is 1.79 bits per heavy atom. The average molecular weight is 512 g/mol. The molecule has 0 atom stereocenters. The van der Waals surface area contributed by atoms with Gasteiger partial charge in [0, 0.05) is 43.2 Å². The fourth-order valence-corrected chi connectivity index (χ4v) is 4.32. The van der Waals surface area contributed by atoms with Crippen LogP contribution in [0.4, 0.5) is 5.69 Å². The van der Waals surface area contributed by atoms with Crippen LogP contribution in [-0.4, -0.2) is 47.9 Å². The van der Waals surface area contributed by atoms with Crippen LogP contribution in [0.25, 0.3) is 0 Å². The summed E-state index contributed by atoms with van der Waals surface area (Å²) in [5, 5.41) is 14.7. The minimum Gasteiger partial charge on any atom is -0.348 e. The number of nitrogens with zero attached hydrogens (tertiary/aromatic N) is 4. The second kappa shape index (κ2) is 12.3. The zero-order valence-electron chi connectivity index (χ0n) is 21.8. The summed E-state index contributed by atoms with van der Waals surface area (Å²) in [5.74, 6) is 6.11. The number of hydrogen-bond acceptors (Lipinski definition) is 6. The van der Waals surface area contributed by atoms with Crippen LogP contribution in [-0.2, 0) is 26.1 Å². The quantitative estimate of drug-likeness (QED) is 0.185. The van der Waals surface area contributed by atoms with Gasteiger partial charge in [0.1, 0.15) is 5.84 Å². The van der Waals surface area contributed by atoms with E-state index >= 15 is 0 Å². The second-order valence-electron chi connectivity index (χ2n) is 9.42. The number of hydrazine groups is 1. The normalized spacial score (nSPS) is 13.4. The van der Waals surface area contributed by atoms with Gasteiger partial charge in [0.15, 0.2) is 0 Å². The largest absolute Gasteiger partial charge is 0.348 e. The standard InChI is InChI=1S/C29H33N7O2/c1-20(34-31-2)36(30)18-21-7-9-24(10-8-21)28(37)32-17-22-5-4-6-25(15-22)29(38)33-27-12-11-23-13-14-35(3)19-26(23)16-27/h4-12,15-16H,2,13-14,17-19,30H2,1,3H3,(H,32,37)(H,33,38)/b34-20-. The number of carbonyl (C=O) groups excluding carboxylic acids is 2. The second-order valence-corrected chi connectivity index (χ2v) is 9.42. The molecule has 9 heteroatoms. The SMILES string of the molecule is C=N/N=C(/C)N(N)Cc1ccc(C(=O)NCc2cccc(C(=O)Nc3ccc4c(c3)CN(C)CC4)c2)cc1. The highest BCUT2D eigenvalue weighted by atomic mass is 16.2. The van der Waals surface area contributed by atoms with E-state index in [2.05, 4.69) is 51.6 Å². The predicted molar refractivity (Wildman–Crippen MR) is 151 cm³/mol. The van der Waals surface area contributed by atoms with Gasteiger partial charge in [-0.3, -0.25) is 14.6 Å². The van der Waals surface area contributed by atoms with E-state index in [0.717, 1.165) is 36.3 Å². The van der Waals surface area contributed by atoms with E-state index in [1.54, 1.807) is 31.2 Å². The number of carbonyl (C=O) groups is 2. The highest BCUT2D eigenvalue weighted by Gasteiger charge is 2.15. The summed E-state index contributed by atoms with van der Waals surface area (Å²) in [5.41, 5.74) is 6.18. The van der Waals surface area contributed by atoms with Crippen molar-refractivity contribution in [3.8, 4) is 0 Å². The van der Waals surface area contributed by atoms with Crippen LogP contribution < -0.4 is 16.5 Å². The first-order valence-electron chi connectivity index (χ1n) is 12.4. The number of anilines is 1. The first-order valence-corrected chi connectivity index (χ1v) is 12.4. The van der Waals surface area contributed by atoms with Gasteiger partial charge in [0.25, 0.3) is 11.8 Å². The van der Waals surface area contributed by atoms with E-state index in [4.69, 9.17) is 5.84 Å².